The highest BCUT2D eigenvalue weighted by Gasteiger charge is 2.41. The minimum Gasteiger partial charge on any atom is -0.496 e. The van der Waals surface area contributed by atoms with Crippen LogP contribution in [0.4, 0.5) is 4.79 Å². The number of hydrogen-bond donors (Lipinski definition) is 1. The Morgan fingerprint density at radius 2 is 1.96 bits per heavy atom. The molecular weight excluding hydrogens is 378 g/mol. The molecule has 0 radical (unpaired) electrons. The second-order valence-electron chi connectivity index (χ2n) is 6.83. The molecule has 1 aliphatic rings. The van der Waals surface area contributed by atoms with Crippen molar-refractivity contribution in [3.63, 3.8) is 0 Å². The van der Waals surface area contributed by atoms with Crippen molar-refractivity contribution in [3.05, 3.63) is 28.2 Å². The first-order valence-electron chi connectivity index (χ1n) is 7.66. The third kappa shape index (κ3) is 4.20. The molecule has 1 aliphatic heterocycles. The van der Waals surface area contributed by atoms with Gasteiger partial charge in [-0.3, -0.25) is 4.79 Å². The van der Waals surface area contributed by atoms with Gasteiger partial charge in [0.25, 0.3) is 0 Å². The number of carboxylic acid groups (broad SMARTS) is 1. The van der Waals surface area contributed by atoms with Gasteiger partial charge in [-0.15, -0.1) is 0 Å². The summed E-state index contributed by atoms with van der Waals surface area (Å²) in [6.07, 6.45) is -0.483. The number of methoxy groups -OCH3 is 1. The number of halogens is 1. The number of ether oxygens (including phenoxy) is 2. The summed E-state index contributed by atoms with van der Waals surface area (Å²) in [6, 6.07) is 5.47. The molecular formula is C17H22BrNO5. The Hall–Kier alpha value is -1.76. The molecule has 6 nitrogen and oxygen atoms in total. The first-order valence-corrected chi connectivity index (χ1v) is 8.46. The first-order chi connectivity index (χ1) is 11.1. The molecule has 1 amide bonds. The van der Waals surface area contributed by atoms with E-state index in [0.29, 0.717) is 12.3 Å². The second-order valence-corrected chi connectivity index (χ2v) is 7.68. The van der Waals surface area contributed by atoms with Crippen LogP contribution in [0.5, 0.6) is 5.75 Å². The van der Waals surface area contributed by atoms with E-state index in [2.05, 4.69) is 15.9 Å². The van der Waals surface area contributed by atoms with Gasteiger partial charge >= 0.3 is 12.1 Å². The third-order valence-electron chi connectivity index (χ3n) is 3.89. The summed E-state index contributed by atoms with van der Waals surface area (Å²) >= 11 is 3.42. The Bertz CT molecular complexity index is 640. The predicted molar refractivity (Wildman–Crippen MR) is 92.4 cm³/mol. The molecule has 1 N–H and O–H groups in total. The molecule has 2 atom stereocenters. The lowest BCUT2D eigenvalue weighted by molar-refractivity contribution is -0.141. The predicted octanol–water partition coefficient (Wildman–Crippen LogP) is 3.49. The number of benzene rings is 1. The number of likely N-dealkylation sites (tertiary alicyclic amines) is 1. The maximum atomic E-state index is 12.3. The van der Waals surface area contributed by atoms with E-state index in [9.17, 15) is 14.7 Å². The number of carbonyl (C=O) groups excluding carboxylic acids is 1. The van der Waals surface area contributed by atoms with Crippen molar-refractivity contribution in [2.75, 3.05) is 20.2 Å². The monoisotopic (exact) mass is 399 g/mol. The number of nitrogens with zero attached hydrogens (tertiary/aromatic N) is 1. The van der Waals surface area contributed by atoms with E-state index in [1.165, 1.54) is 4.90 Å². The zero-order chi connectivity index (χ0) is 18.1. The summed E-state index contributed by atoms with van der Waals surface area (Å²) in [5.74, 6) is -1.21. The van der Waals surface area contributed by atoms with Crippen LogP contribution in [0.2, 0.25) is 0 Å². The molecule has 7 heteroatoms. The number of amides is 1. The van der Waals surface area contributed by atoms with Crippen LogP contribution in [-0.4, -0.2) is 47.9 Å². The van der Waals surface area contributed by atoms with Gasteiger partial charge in [0.05, 0.1) is 17.5 Å². The Morgan fingerprint density at radius 3 is 2.46 bits per heavy atom. The van der Waals surface area contributed by atoms with E-state index in [-0.39, 0.29) is 12.5 Å². The number of hydrogen-bond acceptors (Lipinski definition) is 4. The fourth-order valence-corrected chi connectivity index (χ4v) is 3.34. The van der Waals surface area contributed by atoms with Crippen LogP contribution in [0, 0.1) is 5.92 Å². The molecule has 0 bridgehead atoms. The van der Waals surface area contributed by atoms with Gasteiger partial charge in [0.1, 0.15) is 11.4 Å². The summed E-state index contributed by atoms with van der Waals surface area (Å²) in [5, 5.41) is 9.53. The van der Waals surface area contributed by atoms with Gasteiger partial charge in [0.15, 0.2) is 0 Å². The number of aliphatic carboxylic acids is 1. The van der Waals surface area contributed by atoms with Crippen LogP contribution >= 0.6 is 15.9 Å². The normalized spacial score (nSPS) is 20.8. The standard InChI is InChI=1S/C17H22BrNO5/c1-17(2,3)24-16(22)19-8-11(12(9-19)15(20)21)10-5-6-14(23-4)13(18)7-10/h5-7,11-12H,8-9H2,1-4H3,(H,20,21). The Labute approximate surface area is 149 Å². The third-order valence-corrected chi connectivity index (χ3v) is 4.51. The van der Waals surface area contributed by atoms with Crippen molar-refractivity contribution in [1.82, 2.24) is 4.90 Å². The topological polar surface area (TPSA) is 76.1 Å². The lowest BCUT2D eigenvalue weighted by Gasteiger charge is -2.24. The van der Waals surface area contributed by atoms with Gasteiger partial charge in [-0.2, -0.15) is 0 Å². The van der Waals surface area contributed by atoms with E-state index in [1.807, 2.05) is 12.1 Å². The van der Waals surface area contributed by atoms with E-state index >= 15 is 0 Å². The molecule has 0 aliphatic carbocycles. The number of rotatable bonds is 3. The van der Waals surface area contributed by atoms with Crippen LogP contribution in [0.1, 0.15) is 32.3 Å². The molecule has 1 fully saturated rings. The smallest absolute Gasteiger partial charge is 0.410 e. The average molecular weight is 400 g/mol. The minimum absolute atomic E-state index is 0.137. The highest BCUT2D eigenvalue weighted by molar-refractivity contribution is 9.10. The summed E-state index contributed by atoms with van der Waals surface area (Å²) in [6.45, 7) is 5.80. The lowest BCUT2D eigenvalue weighted by atomic mass is 9.89. The van der Waals surface area contributed by atoms with Crippen molar-refractivity contribution >= 4 is 28.0 Å². The largest absolute Gasteiger partial charge is 0.496 e. The van der Waals surface area contributed by atoms with Crippen LogP contribution < -0.4 is 4.74 Å². The fourth-order valence-electron chi connectivity index (χ4n) is 2.78. The molecule has 1 saturated heterocycles. The Kier molecular flexibility index (Phi) is 5.42. The molecule has 0 saturated carbocycles. The molecule has 2 unspecified atom stereocenters. The van der Waals surface area contributed by atoms with E-state index < -0.39 is 23.6 Å². The van der Waals surface area contributed by atoms with Gasteiger partial charge in [-0.1, -0.05) is 6.07 Å². The number of carbonyl (C=O) groups is 2. The maximum Gasteiger partial charge on any atom is 0.410 e. The van der Waals surface area contributed by atoms with Gasteiger partial charge < -0.3 is 19.5 Å². The molecule has 2 rings (SSSR count). The zero-order valence-corrected chi connectivity index (χ0v) is 15.8. The highest BCUT2D eigenvalue weighted by Crippen LogP contribution is 2.37. The van der Waals surface area contributed by atoms with Crippen LogP contribution in [0.25, 0.3) is 0 Å². The Morgan fingerprint density at radius 1 is 1.29 bits per heavy atom. The van der Waals surface area contributed by atoms with E-state index in [0.717, 1.165) is 10.0 Å². The minimum atomic E-state index is -0.919. The molecule has 0 aromatic heterocycles. The first kappa shape index (κ1) is 18.6. The van der Waals surface area contributed by atoms with Crippen molar-refractivity contribution in [1.29, 1.82) is 0 Å². The molecule has 132 valence electrons. The average Bonchev–Trinajstić information content (AvgIpc) is 2.91. The van der Waals surface area contributed by atoms with Gasteiger partial charge in [0, 0.05) is 19.0 Å². The van der Waals surface area contributed by atoms with Crippen molar-refractivity contribution in [2.45, 2.75) is 32.3 Å². The van der Waals surface area contributed by atoms with Crippen LogP contribution in [0.3, 0.4) is 0 Å². The van der Waals surface area contributed by atoms with Crippen molar-refractivity contribution < 1.29 is 24.2 Å². The number of carboxylic acids is 1. The van der Waals surface area contributed by atoms with Gasteiger partial charge in [-0.05, 0) is 54.4 Å². The quantitative estimate of drug-likeness (QED) is 0.841. The molecule has 1 aromatic rings. The Balaban J connectivity index is 2.23. The maximum absolute atomic E-state index is 12.3. The van der Waals surface area contributed by atoms with E-state index in [4.69, 9.17) is 9.47 Å². The fraction of sp³-hybridized carbons (Fsp3) is 0.529. The van der Waals surface area contributed by atoms with E-state index in [1.54, 1.807) is 33.9 Å². The van der Waals surface area contributed by atoms with Gasteiger partial charge in [-0.25, -0.2) is 4.79 Å². The molecule has 1 heterocycles. The van der Waals surface area contributed by atoms with Crippen LogP contribution in [-0.2, 0) is 9.53 Å². The summed E-state index contributed by atoms with van der Waals surface area (Å²) in [7, 11) is 1.57. The molecule has 1 aromatic carbocycles. The summed E-state index contributed by atoms with van der Waals surface area (Å²) in [5.41, 5.74) is 0.234. The summed E-state index contributed by atoms with van der Waals surface area (Å²) in [4.78, 5) is 25.4. The highest BCUT2D eigenvalue weighted by atomic mass is 79.9. The van der Waals surface area contributed by atoms with Crippen molar-refractivity contribution in [3.8, 4) is 5.75 Å². The van der Waals surface area contributed by atoms with Crippen molar-refractivity contribution in [2.24, 2.45) is 5.92 Å². The zero-order valence-electron chi connectivity index (χ0n) is 14.2. The molecule has 24 heavy (non-hydrogen) atoms. The van der Waals surface area contributed by atoms with Crippen LogP contribution in [0.15, 0.2) is 22.7 Å². The molecule has 0 spiro atoms. The summed E-state index contributed by atoms with van der Waals surface area (Å²) < 4.78 is 11.3. The van der Waals surface area contributed by atoms with Gasteiger partial charge in [0.2, 0.25) is 0 Å². The SMILES string of the molecule is COc1ccc(C2CN(C(=O)OC(C)(C)C)CC2C(=O)O)cc1Br. The lowest BCUT2D eigenvalue weighted by Crippen LogP contribution is -2.35. The second kappa shape index (κ2) is 7.01.